The van der Waals surface area contributed by atoms with E-state index in [1.807, 2.05) is 151 Å². The molecule has 1 aliphatic carbocycles. The average molecular weight is 1650 g/mol. The minimum absolute atomic E-state index is 0.0940. The Morgan fingerprint density at radius 2 is 0.715 bits per heavy atom. The minimum atomic E-state index is -0.105. The second kappa shape index (κ2) is 30.5. The Kier molecular flexibility index (Phi) is 19.2. The zero-order chi connectivity index (χ0) is 83.7. The first-order valence-electron chi connectivity index (χ1n) is 43.1. The van der Waals surface area contributed by atoms with Crippen LogP contribution in [0.4, 0.5) is 22.7 Å². The molecular weight excluding hydrogens is 1550 g/mol. The van der Waals surface area contributed by atoms with E-state index in [0.29, 0.717) is 74.2 Å². The van der Waals surface area contributed by atoms with Crippen molar-refractivity contribution in [3.63, 3.8) is 0 Å². The lowest BCUT2D eigenvalue weighted by atomic mass is 9.95. The number of aryl methyl sites for hydroxylation is 5. The molecule has 23 heterocycles. The maximum absolute atomic E-state index is 13.0. The highest BCUT2D eigenvalue weighted by atomic mass is 16.1. The molecule has 1 spiro atoms. The summed E-state index contributed by atoms with van der Waals surface area (Å²) in [5.41, 5.74) is 19.8. The van der Waals surface area contributed by atoms with Crippen molar-refractivity contribution in [3.05, 3.63) is 235 Å². The molecule has 8 aliphatic rings. The largest absolute Gasteiger partial charge is 0.369 e. The van der Waals surface area contributed by atoms with Crippen LogP contribution in [0.2, 0.25) is 0 Å². The fourth-order valence-electron chi connectivity index (χ4n) is 19.6. The minimum Gasteiger partial charge on any atom is -0.369 e. The van der Waals surface area contributed by atoms with Gasteiger partial charge >= 0.3 is 0 Å². The van der Waals surface area contributed by atoms with Crippen molar-refractivity contribution in [1.82, 2.24) is 116 Å². The normalized spacial score (nSPS) is 20.3. The van der Waals surface area contributed by atoms with Crippen LogP contribution in [-0.2, 0) is 0 Å². The Morgan fingerprint density at radius 1 is 0.333 bits per heavy atom. The number of fused-ring (bicyclic) bond motifs is 10. The molecular formula is C91H98N28O4. The highest BCUT2D eigenvalue weighted by Gasteiger charge is 2.46. The van der Waals surface area contributed by atoms with Crippen molar-refractivity contribution < 1.29 is 0 Å². The molecule has 16 aromatic rings. The number of pyridine rings is 4. The number of hydrogen-bond acceptors (Lipinski definition) is 24. The fourth-order valence-corrected chi connectivity index (χ4v) is 19.6. The molecule has 32 nitrogen and oxygen atoms in total. The van der Waals surface area contributed by atoms with Gasteiger partial charge in [-0.15, -0.1) is 0 Å². The quantitative estimate of drug-likeness (QED) is 0.141. The number of anilines is 4. The lowest BCUT2D eigenvalue weighted by Crippen LogP contribution is -2.57. The van der Waals surface area contributed by atoms with Crippen molar-refractivity contribution in [2.45, 2.75) is 129 Å². The SMILES string of the molecule is Cc1cn2nc(-c3cc(=O)n4cc(N5CCN6CCC[C@@]6(C)C5)ccc4n3)ccc2n1.Cc1cn2nc(-c3cc(=O)n4cc(N5CCN6CCC[C@]6(C)C5)ccc4n3)ccc2n1.Cc1cn2nc(-c3cc(=O)n4cc(N5CCNC6(CC6)C5)ccc4n3)ccc2n1.Cc1cn2nc(-c3cc(=O)n4cc(N5CC[C@@H](N6CCCC6)C5)ccc4n3)cc(C)c2n1. The maximum Gasteiger partial charge on any atom is 0.258 e. The van der Waals surface area contributed by atoms with Crippen molar-refractivity contribution in [1.29, 1.82) is 0 Å². The number of rotatable bonds is 9. The lowest BCUT2D eigenvalue weighted by Gasteiger charge is -2.46. The van der Waals surface area contributed by atoms with Crippen LogP contribution in [-0.4, -0.2) is 231 Å². The van der Waals surface area contributed by atoms with Gasteiger partial charge in [0, 0.05) is 144 Å². The van der Waals surface area contributed by atoms with Crippen molar-refractivity contribution in [2.75, 3.05) is 118 Å². The van der Waals surface area contributed by atoms with E-state index in [0.717, 1.165) is 146 Å². The molecule has 626 valence electrons. The van der Waals surface area contributed by atoms with Gasteiger partial charge in [0.1, 0.15) is 45.4 Å². The molecule has 24 rings (SSSR count). The first kappa shape index (κ1) is 77.3. The Bertz CT molecular complexity index is 6920. The van der Waals surface area contributed by atoms with E-state index >= 15 is 0 Å². The molecule has 1 saturated carbocycles. The van der Waals surface area contributed by atoms with Crippen LogP contribution >= 0.6 is 0 Å². The van der Waals surface area contributed by atoms with Crippen LogP contribution in [0.15, 0.2) is 184 Å². The molecule has 8 fully saturated rings. The topological polar surface area (TPSA) is 293 Å². The van der Waals surface area contributed by atoms with E-state index in [-0.39, 0.29) is 38.9 Å². The number of nitrogens with zero attached hydrogens (tertiary/aromatic N) is 27. The molecule has 0 amide bonds. The van der Waals surface area contributed by atoms with Crippen LogP contribution in [0.5, 0.6) is 0 Å². The van der Waals surface area contributed by atoms with Crippen molar-refractivity contribution >= 4 is 67.9 Å². The van der Waals surface area contributed by atoms with Gasteiger partial charge in [0.15, 0.2) is 22.6 Å². The van der Waals surface area contributed by atoms with E-state index < -0.39 is 0 Å². The first-order valence-corrected chi connectivity index (χ1v) is 43.1. The third-order valence-corrected chi connectivity index (χ3v) is 26.3. The van der Waals surface area contributed by atoms with E-state index in [2.05, 4.69) is 123 Å². The van der Waals surface area contributed by atoms with Crippen LogP contribution in [0, 0.1) is 34.6 Å². The Morgan fingerprint density at radius 3 is 1.15 bits per heavy atom. The van der Waals surface area contributed by atoms with Crippen LogP contribution in [0.1, 0.15) is 100.0 Å². The number of imidazole rings is 4. The molecule has 7 aliphatic heterocycles. The summed E-state index contributed by atoms with van der Waals surface area (Å²) in [5.74, 6) is 0. The molecule has 3 atom stereocenters. The number of hydrogen-bond donors (Lipinski definition) is 1. The van der Waals surface area contributed by atoms with Gasteiger partial charge in [-0.2, -0.15) is 20.4 Å². The van der Waals surface area contributed by atoms with E-state index in [1.165, 1.54) is 84.0 Å². The van der Waals surface area contributed by atoms with E-state index in [1.54, 1.807) is 59.9 Å². The van der Waals surface area contributed by atoms with Gasteiger partial charge in [0.05, 0.1) is 93.1 Å². The van der Waals surface area contributed by atoms with Crippen LogP contribution < -0.4 is 47.2 Å². The molecule has 0 bridgehead atoms. The Balaban J connectivity index is 0.000000101. The summed E-state index contributed by atoms with van der Waals surface area (Å²) in [6, 6.07) is 36.1. The first-order chi connectivity index (χ1) is 59.6. The number of nitrogens with one attached hydrogen (secondary N) is 1. The maximum atomic E-state index is 13.0. The zero-order valence-electron chi connectivity index (χ0n) is 70.3. The standard InChI is InChI=1S/C24H27N7O.2C23H25N7O.C21H21N7O/c1-16-11-21(27-31-13-17(2)25-24(16)31)20-12-23(32)30-15-18(5-6-22(30)26-20)29-10-7-19(14-29)28-8-3-4-9-28;2*1-16-13-30-21(24-16)7-5-18(26-30)19-12-22(31)29-14-17(4-6-20(29)25-19)27-10-11-28-9-3-8-23(28,2)15-27;1-14-11-28-19(23-14)5-3-16(25-28)17-10-20(29)27-12-15(2-4-18(27)24-17)26-9-8-22-21(13-26)6-7-21/h5-6,11-13,15,19H,3-4,7-10,14H2,1-2H3;2*4-7,12-14H,3,8-11,15H2,1-2H3;2-5,10-12,22H,6-9,13H2,1H3/t19-;2*23-;/m110./s1. The number of piperazine rings is 3. The molecule has 0 radical (unpaired) electrons. The highest BCUT2D eigenvalue weighted by molar-refractivity contribution is 5.67. The summed E-state index contributed by atoms with van der Waals surface area (Å²) in [5, 5.41) is 22.0. The Hall–Kier alpha value is -13.0. The van der Waals surface area contributed by atoms with Crippen LogP contribution in [0.3, 0.4) is 0 Å². The number of likely N-dealkylation sites (tertiary alicyclic amines) is 1. The second-order valence-electron chi connectivity index (χ2n) is 35.2. The van der Waals surface area contributed by atoms with Crippen molar-refractivity contribution in [3.8, 4) is 45.6 Å². The summed E-state index contributed by atoms with van der Waals surface area (Å²) in [6.07, 6.45) is 26.5. The molecule has 123 heavy (non-hydrogen) atoms. The van der Waals surface area contributed by atoms with Crippen molar-refractivity contribution in [2.24, 2.45) is 0 Å². The molecule has 0 aromatic carbocycles. The monoisotopic (exact) mass is 1650 g/mol. The van der Waals surface area contributed by atoms with Gasteiger partial charge in [-0.25, -0.2) is 57.9 Å². The summed E-state index contributed by atoms with van der Waals surface area (Å²) in [4.78, 5) is 106. The molecule has 0 unspecified atom stereocenters. The average Bonchev–Trinajstić information content (AvgIpc) is 1.76. The highest BCUT2D eigenvalue weighted by Crippen LogP contribution is 2.40. The lowest BCUT2D eigenvalue weighted by molar-refractivity contribution is 0.138. The molecule has 32 heteroatoms. The third-order valence-electron chi connectivity index (χ3n) is 26.3. The third kappa shape index (κ3) is 14.9. The van der Waals surface area contributed by atoms with Gasteiger partial charge in [0.25, 0.3) is 22.2 Å². The second-order valence-corrected chi connectivity index (χ2v) is 35.2. The van der Waals surface area contributed by atoms with Gasteiger partial charge in [-0.05, 0) is 229 Å². The Labute approximate surface area is 707 Å². The molecule has 1 N–H and O–H groups in total. The van der Waals surface area contributed by atoms with Gasteiger partial charge in [-0.1, -0.05) is 0 Å². The van der Waals surface area contributed by atoms with E-state index in [4.69, 9.17) is 15.0 Å². The van der Waals surface area contributed by atoms with Crippen LogP contribution in [0.25, 0.3) is 90.7 Å². The predicted molar refractivity (Wildman–Crippen MR) is 474 cm³/mol. The summed E-state index contributed by atoms with van der Waals surface area (Å²) in [6.45, 7) is 30.4. The van der Waals surface area contributed by atoms with Gasteiger partial charge in [0.2, 0.25) is 0 Å². The number of aromatic nitrogens is 20. The summed E-state index contributed by atoms with van der Waals surface area (Å²) in [7, 11) is 0. The molecule has 7 saturated heterocycles. The summed E-state index contributed by atoms with van der Waals surface area (Å²) >= 11 is 0. The summed E-state index contributed by atoms with van der Waals surface area (Å²) < 4.78 is 13.5. The molecule has 16 aromatic heterocycles. The fraction of sp³-hybridized carbons (Fsp3) is 0.385. The smallest absolute Gasteiger partial charge is 0.258 e. The zero-order valence-corrected chi connectivity index (χ0v) is 70.3. The predicted octanol–water partition coefficient (Wildman–Crippen LogP) is 9.12. The van der Waals surface area contributed by atoms with Gasteiger partial charge in [-0.3, -0.25) is 51.5 Å². The van der Waals surface area contributed by atoms with E-state index in [9.17, 15) is 19.2 Å². The van der Waals surface area contributed by atoms with Gasteiger partial charge < -0.3 is 24.9 Å².